The van der Waals surface area contributed by atoms with Gasteiger partial charge in [-0.1, -0.05) is 12.1 Å². The third-order valence-corrected chi connectivity index (χ3v) is 3.74. The molecule has 0 radical (unpaired) electrons. The van der Waals surface area contributed by atoms with Gasteiger partial charge in [-0.2, -0.15) is 0 Å². The molecule has 0 fully saturated rings. The minimum absolute atomic E-state index is 0.249. The van der Waals surface area contributed by atoms with E-state index in [4.69, 9.17) is 4.74 Å². The van der Waals surface area contributed by atoms with E-state index in [-0.39, 0.29) is 6.04 Å². The molecule has 0 bridgehead atoms. The topological polar surface area (TPSA) is 37.4 Å². The molecule has 4 nitrogen and oxygen atoms in total. The number of pyridine rings is 1. The summed E-state index contributed by atoms with van der Waals surface area (Å²) in [6.45, 7) is 0.790. The van der Waals surface area contributed by atoms with Crippen molar-refractivity contribution in [3.8, 4) is 5.75 Å². The van der Waals surface area contributed by atoms with Crippen molar-refractivity contribution >= 4 is 21.6 Å². The Labute approximate surface area is 134 Å². The van der Waals surface area contributed by atoms with Gasteiger partial charge in [0.25, 0.3) is 0 Å². The summed E-state index contributed by atoms with van der Waals surface area (Å²) in [5.41, 5.74) is 2.22. The number of ether oxygens (including phenoxy) is 1. The lowest BCUT2D eigenvalue weighted by atomic mass is 10.1. The molecule has 0 aliphatic heterocycles. The van der Waals surface area contributed by atoms with Gasteiger partial charge in [0, 0.05) is 17.2 Å². The van der Waals surface area contributed by atoms with Crippen molar-refractivity contribution in [2.45, 2.75) is 6.04 Å². The highest BCUT2D eigenvalue weighted by Gasteiger charge is 2.14. The average molecular weight is 350 g/mol. The fraction of sp³-hybridized carbons (Fsp3) is 0.312. The van der Waals surface area contributed by atoms with Gasteiger partial charge in [0.15, 0.2) is 0 Å². The number of rotatable bonds is 6. The van der Waals surface area contributed by atoms with Crippen molar-refractivity contribution < 1.29 is 4.74 Å². The van der Waals surface area contributed by atoms with E-state index in [1.807, 2.05) is 24.4 Å². The molecule has 1 atom stereocenters. The lowest BCUT2D eigenvalue weighted by Crippen LogP contribution is -2.26. The second kappa shape index (κ2) is 7.43. The van der Waals surface area contributed by atoms with Crippen LogP contribution >= 0.6 is 15.9 Å². The molecular weight excluding hydrogens is 330 g/mol. The highest BCUT2D eigenvalue weighted by molar-refractivity contribution is 9.10. The number of hydrogen-bond donors (Lipinski definition) is 1. The van der Waals surface area contributed by atoms with Crippen molar-refractivity contribution in [2.24, 2.45) is 0 Å². The monoisotopic (exact) mass is 349 g/mol. The number of aromatic nitrogens is 1. The summed E-state index contributed by atoms with van der Waals surface area (Å²) < 4.78 is 6.28. The molecule has 0 saturated carbocycles. The summed E-state index contributed by atoms with van der Waals surface area (Å²) in [6, 6.07) is 10.4. The second-order valence-corrected chi connectivity index (χ2v) is 5.94. The summed E-state index contributed by atoms with van der Waals surface area (Å²) >= 11 is 3.43. The standard InChI is InChI=1S/C16H20BrN3O/c1-20(2)16(12-5-4-6-15(7-12)21-3)11-19-14-8-13(17)9-18-10-14/h4-10,16,19H,11H2,1-3H3. The molecule has 1 N–H and O–H groups in total. The maximum atomic E-state index is 5.31. The molecule has 0 aliphatic carbocycles. The van der Waals surface area contributed by atoms with Crippen molar-refractivity contribution in [1.82, 2.24) is 9.88 Å². The van der Waals surface area contributed by atoms with Crippen LogP contribution in [0, 0.1) is 0 Å². The zero-order valence-electron chi connectivity index (χ0n) is 12.5. The first-order chi connectivity index (χ1) is 10.1. The Morgan fingerprint density at radius 1 is 1.29 bits per heavy atom. The maximum absolute atomic E-state index is 5.31. The molecular formula is C16H20BrN3O. The molecule has 2 aromatic rings. The van der Waals surface area contributed by atoms with E-state index in [1.54, 1.807) is 13.3 Å². The van der Waals surface area contributed by atoms with Crippen LogP contribution in [0.3, 0.4) is 0 Å². The van der Waals surface area contributed by atoms with Gasteiger partial charge in [-0.25, -0.2) is 0 Å². The van der Waals surface area contributed by atoms with Gasteiger partial charge in [0.2, 0.25) is 0 Å². The Morgan fingerprint density at radius 3 is 2.76 bits per heavy atom. The number of methoxy groups -OCH3 is 1. The van der Waals surface area contributed by atoms with Crippen LogP contribution in [0.2, 0.25) is 0 Å². The smallest absolute Gasteiger partial charge is 0.119 e. The predicted molar refractivity (Wildman–Crippen MR) is 89.8 cm³/mol. The lowest BCUT2D eigenvalue weighted by Gasteiger charge is -2.26. The molecule has 0 spiro atoms. The molecule has 1 heterocycles. The zero-order chi connectivity index (χ0) is 15.2. The van der Waals surface area contributed by atoms with E-state index in [1.165, 1.54) is 5.56 Å². The Morgan fingerprint density at radius 2 is 2.10 bits per heavy atom. The van der Waals surface area contributed by atoms with Gasteiger partial charge in [0.1, 0.15) is 5.75 Å². The SMILES string of the molecule is COc1cccc(C(CNc2cncc(Br)c2)N(C)C)c1. The van der Waals surface area contributed by atoms with Gasteiger partial charge in [-0.15, -0.1) is 0 Å². The van der Waals surface area contributed by atoms with E-state index < -0.39 is 0 Å². The van der Waals surface area contributed by atoms with Crippen LogP contribution in [-0.4, -0.2) is 37.6 Å². The molecule has 21 heavy (non-hydrogen) atoms. The number of halogens is 1. The average Bonchev–Trinajstić information content (AvgIpc) is 2.47. The molecule has 112 valence electrons. The summed E-state index contributed by atoms with van der Waals surface area (Å²) in [6.07, 6.45) is 3.60. The lowest BCUT2D eigenvalue weighted by molar-refractivity contribution is 0.310. The molecule has 0 amide bonds. The van der Waals surface area contributed by atoms with E-state index in [2.05, 4.69) is 57.4 Å². The Bertz CT molecular complexity index is 589. The van der Waals surface area contributed by atoms with Gasteiger partial charge < -0.3 is 15.0 Å². The first kappa shape index (κ1) is 15.8. The van der Waals surface area contributed by atoms with Gasteiger partial charge in [0.05, 0.1) is 25.0 Å². The van der Waals surface area contributed by atoms with E-state index in [0.29, 0.717) is 0 Å². The first-order valence-electron chi connectivity index (χ1n) is 6.75. The largest absolute Gasteiger partial charge is 0.497 e. The van der Waals surface area contributed by atoms with Gasteiger partial charge in [-0.3, -0.25) is 4.98 Å². The van der Waals surface area contributed by atoms with E-state index in [0.717, 1.165) is 22.5 Å². The summed E-state index contributed by atoms with van der Waals surface area (Å²) in [4.78, 5) is 6.35. The normalized spacial score (nSPS) is 12.2. The van der Waals surface area contributed by atoms with Crippen LogP contribution in [0.4, 0.5) is 5.69 Å². The number of benzene rings is 1. The molecule has 5 heteroatoms. The summed E-state index contributed by atoms with van der Waals surface area (Å²) in [7, 11) is 5.84. The van der Waals surface area contributed by atoms with Gasteiger partial charge in [-0.05, 0) is 53.8 Å². The number of nitrogens with one attached hydrogen (secondary N) is 1. The van der Waals surface area contributed by atoms with Crippen LogP contribution in [0.5, 0.6) is 5.75 Å². The second-order valence-electron chi connectivity index (χ2n) is 5.03. The molecule has 1 aromatic carbocycles. The molecule has 0 saturated heterocycles. The van der Waals surface area contributed by atoms with Crippen molar-refractivity contribution in [2.75, 3.05) is 33.1 Å². The first-order valence-corrected chi connectivity index (χ1v) is 7.54. The predicted octanol–water partition coefficient (Wildman–Crippen LogP) is 3.57. The maximum Gasteiger partial charge on any atom is 0.119 e. The van der Waals surface area contributed by atoms with Crippen LogP contribution in [0.25, 0.3) is 0 Å². The highest BCUT2D eigenvalue weighted by atomic mass is 79.9. The van der Waals surface area contributed by atoms with E-state index >= 15 is 0 Å². The summed E-state index contributed by atoms with van der Waals surface area (Å²) in [5.74, 6) is 0.878. The van der Waals surface area contributed by atoms with Crippen molar-refractivity contribution in [3.05, 3.63) is 52.8 Å². The third kappa shape index (κ3) is 4.44. The Balaban J connectivity index is 2.12. The number of anilines is 1. The van der Waals surface area contributed by atoms with Crippen LogP contribution < -0.4 is 10.1 Å². The van der Waals surface area contributed by atoms with Crippen LogP contribution in [0.1, 0.15) is 11.6 Å². The Hall–Kier alpha value is -1.59. The molecule has 2 rings (SSSR count). The quantitative estimate of drug-likeness (QED) is 0.864. The highest BCUT2D eigenvalue weighted by Crippen LogP contribution is 2.23. The van der Waals surface area contributed by atoms with Crippen molar-refractivity contribution in [1.29, 1.82) is 0 Å². The van der Waals surface area contributed by atoms with Crippen LogP contribution in [0.15, 0.2) is 47.2 Å². The number of likely N-dealkylation sites (N-methyl/N-ethyl adjacent to an activating group) is 1. The minimum Gasteiger partial charge on any atom is -0.497 e. The Kier molecular flexibility index (Phi) is 5.59. The fourth-order valence-electron chi connectivity index (χ4n) is 2.17. The zero-order valence-corrected chi connectivity index (χ0v) is 14.1. The minimum atomic E-state index is 0.249. The summed E-state index contributed by atoms with van der Waals surface area (Å²) in [5, 5.41) is 3.43. The molecule has 1 aromatic heterocycles. The number of hydrogen-bond acceptors (Lipinski definition) is 4. The van der Waals surface area contributed by atoms with Gasteiger partial charge >= 0.3 is 0 Å². The fourth-order valence-corrected chi connectivity index (χ4v) is 2.54. The third-order valence-electron chi connectivity index (χ3n) is 3.31. The molecule has 1 unspecified atom stereocenters. The van der Waals surface area contributed by atoms with Crippen molar-refractivity contribution in [3.63, 3.8) is 0 Å². The van der Waals surface area contributed by atoms with E-state index in [9.17, 15) is 0 Å². The molecule has 0 aliphatic rings. The number of nitrogens with zero attached hydrogens (tertiary/aromatic N) is 2. The van der Waals surface area contributed by atoms with Crippen LogP contribution in [-0.2, 0) is 0 Å².